The molecule has 0 saturated carbocycles. The van der Waals surface area contributed by atoms with Crippen LogP contribution in [0.25, 0.3) is 22.3 Å². The fourth-order valence-corrected chi connectivity index (χ4v) is 6.04. The third kappa shape index (κ3) is 2.50. The van der Waals surface area contributed by atoms with Gasteiger partial charge in [0.2, 0.25) is 0 Å². The van der Waals surface area contributed by atoms with E-state index >= 15 is 0 Å². The van der Waals surface area contributed by atoms with Crippen molar-refractivity contribution in [1.29, 1.82) is 0 Å². The van der Waals surface area contributed by atoms with Crippen LogP contribution in [0.4, 0.5) is 11.4 Å². The number of anilines is 2. The summed E-state index contributed by atoms with van der Waals surface area (Å²) in [6, 6.07) is 41.8. The van der Waals surface area contributed by atoms with E-state index in [1.165, 1.54) is 44.5 Å². The molecule has 0 unspecified atom stereocenters. The molecule has 0 fully saturated rings. The molecule has 1 spiro atoms. The predicted octanol–water partition coefficient (Wildman–Crippen LogP) is 8.43. The van der Waals surface area contributed by atoms with Crippen molar-refractivity contribution in [3.63, 3.8) is 0 Å². The van der Waals surface area contributed by atoms with Gasteiger partial charge in [0.1, 0.15) is 0 Å². The van der Waals surface area contributed by atoms with E-state index in [1.54, 1.807) is 0 Å². The van der Waals surface area contributed by atoms with Crippen LogP contribution in [-0.4, -0.2) is 7.05 Å². The summed E-state index contributed by atoms with van der Waals surface area (Å²) in [5, 5.41) is 0. The molecule has 0 amide bonds. The van der Waals surface area contributed by atoms with E-state index in [2.05, 4.69) is 103 Å². The van der Waals surface area contributed by atoms with Gasteiger partial charge < -0.3 is 4.90 Å². The van der Waals surface area contributed by atoms with Gasteiger partial charge in [0.05, 0.1) is 6.79 Å². The van der Waals surface area contributed by atoms with Crippen molar-refractivity contribution < 1.29 is 1.37 Å². The van der Waals surface area contributed by atoms with Gasteiger partial charge in [-0.1, -0.05) is 104 Å². The maximum Gasteiger partial charge on any atom is 0.0726 e. The first kappa shape index (κ1) is 19.4. The lowest BCUT2D eigenvalue weighted by Gasteiger charge is -2.31. The lowest BCUT2D eigenvalue weighted by Crippen LogP contribution is -2.26. The number of para-hydroxylation sites is 1. The lowest BCUT2D eigenvalue weighted by molar-refractivity contribution is 0.793. The van der Waals surface area contributed by atoms with E-state index in [4.69, 9.17) is 1.37 Å². The Morgan fingerprint density at radius 3 is 1.53 bits per heavy atom. The summed E-state index contributed by atoms with van der Waals surface area (Å²) in [7, 11) is 2.10. The van der Waals surface area contributed by atoms with E-state index in [-0.39, 0.29) is 12.8 Å². The van der Waals surface area contributed by atoms with Crippen molar-refractivity contribution in [1.82, 2.24) is 0 Å². The second kappa shape index (κ2) is 7.46. The quantitative estimate of drug-likeness (QED) is 0.262. The number of nitrogens with zero attached hydrogens (tertiary/aromatic N) is 1. The molecule has 34 heavy (non-hydrogen) atoms. The van der Waals surface area contributed by atoms with Crippen LogP contribution >= 0.6 is 0 Å². The lowest BCUT2D eigenvalue weighted by atomic mass is 9.70. The van der Waals surface area contributed by atoms with Gasteiger partial charge >= 0.3 is 0 Å². The highest BCUT2D eigenvalue weighted by atomic mass is 15.1. The van der Waals surface area contributed by atoms with E-state index in [9.17, 15) is 0 Å². The first-order chi connectivity index (χ1) is 16.7. The Balaban J connectivity index is 0.00000229. The Bertz CT molecular complexity index is 1520. The molecular weight excluding hydrogens is 410 g/mol. The topological polar surface area (TPSA) is 3.24 Å². The predicted molar refractivity (Wildman–Crippen MR) is 144 cm³/mol. The molecule has 0 saturated heterocycles. The molecule has 1 nitrogen and oxygen atoms in total. The zero-order valence-electron chi connectivity index (χ0n) is 19.4. The second-order valence-corrected chi connectivity index (χ2v) is 8.93. The summed E-state index contributed by atoms with van der Waals surface area (Å²) in [4.78, 5) is 2.21. The van der Waals surface area contributed by atoms with Crippen LogP contribution in [-0.2, 0) is 5.41 Å². The molecule has 0 heterocycles. The van der Waals surface area contributed by atoms with Gasteiger partial charge in [-0.3, -0.25) is 0 Å². The fourth-order valence-electron chi connectivity index (χ4n) is 6.04. The van der Waals surface area contributed by atoms with Crippen molar-refractivity contribution in [2.45, 2.75) is 12.8 Å². The minimum Gasteiger partial charge on any atom is -0.345 e. The monoisotopic (exact) mass is 438 g/mol. The van der Waals surface area contributed by atoms with Crippen LogP contribution in [0.15, 0.2) is 121 Å². The van der Waals surface area contributed by atoms with Crippen molar-refractivity contribution in [3.8, 4) is 22.3 Å². The molecule has 0 atom stereocenters. The molecule has 0 aromatic heterocycles. The normalized spacial score (nSPS) is 13.9. The summed E-state index contributed by atoms with van der Waals surface area (Å²) in [6.45, 7) is 0. The second-order valence-electron chi connectivity index (χ2n) is 8.93. The first-order valence-corrected chi connectivity index (χ1v) is 11.4. The van der Waals surface area contributed by atoms with Crippen molar-refractivity contribution >= 4 is 11.4 Å². The molecule has 0 radical (unpaired) electrons. The zero-order chi connectivity index (χ0) is 22.9. The van der Waals surface area contributed by atoms with Gasteiger partial charge in [0, 0.05) is 18.4 Å². The molecular formula is C33H27N. The molecule has 0 bridgehead atoms. The molecule has 2 aliphatic carbocycles. The van der Waals surface area contributed by atoms with Gasteiger partial charge in [-0.05, 0) is 68.8 Å². The molecule has 2 aliphatic rings. The maximum absolute atomic E-state index is 7.84. The molecule has 1 heteroatoms. The van der Waals surface area contributed by atoms with Gasteiger partial charge in [0.25, 0.3) is 0 Å². The highest BCUT2D eigenvalue weighted by Gasteiger charge is 2.51. The fraction of sp³-hybridized carbons (Fsp3) is 0.0909. The van der Waals surface area contributed by atoms with Crippen molar-refractivity contribution in [2.24, 2.45) is 0 Å². The minimum atomic E-state index is -0.318. The Labute approximate surface area is 203 Å². The van der Waals surface area contributed by atoms with Crippen LogP contribution < -0.4 is 4.90 Å². The number of hydrogen-bond donors (Lipinski definition) is 0. The van der Waals surface area contributed by atoms with Crippen LogP contribution in [0.1, 0.15) is 31.1 Å². The number of fused-ring (bicyclic) bond motifs is 10. The molecule has 0 N–H and O–H groups in total. The zero-order valence-corrected chi connectivity index (χ0v) is 18.4. The van der Waals surface area contributed by atoms with Crippen LogP contribution in [0.5, 0.6) is 0 Å². The number of benzene rings is 5. The smallest absolute Gasteiger partial charge is 0.0726 e. The maximum atomic E-state index is 7.84. The average molecular weight is 439 g/mol. The highest BCUT2D eigenvalue weighted by molar-refractivity contribution is 5.95. The van der Waals surface area contributed by atoms with Gasteiger partial charge in [-0.25, -0.2) is 0 Å². The Kier molecular flexibility index (Phi) is 4.25. The number of rotatable bonds is 2. The van der Waals surface area contributed by atoms with Gasteiger partial charge in [-0.2, -0.15) is 0 Å². The van der Waals surface area contributed by atoms with E-state index in [0.717, 1.165) is 11.4 Å². The minimum absolute atomic E-state index is 0. The SMILES string of the molecule is C.[2H]c1ccc(N(C)c2ccc3c(c2)C2(c4ccccc4-c4ccccc42)c2ccccc2-3)cc1. The van der Waals surface area contributed by atoms with Crippen LogP contribution in [0.2, 0.25) is 0 Å². The summed E-state index contributed by atoms with van der Waals surface area (Å²) in [6.07, 6.45) is 0. The molecule has 5 aromatic carbocycles. The summed E-state index contributed by atoms with van der Waals surface area (Å²) in [5.74, 6) is 0. The third-order valence-corrected chi connectivity index (χ3v) is 7.46. The first-order valence-electron chi connectivity index (χ1n) is 11.9. The molecule has 164 valence electrons. The van der Waals surface area contributed by atoms with Crippen molar-refractivity contribution in [2.75, 3.05) is 11.9 Å². The standard InChI is InChI=1S/C32H23N.CH4/c1-33(22-11-3-2-4-12-22)23-19-20-27-26-15-7-10-18-30(26)32(31(27)21-23)28-16-8-5-13-24(28)25-14-6-9-17-29(25)32;/h2-21H,1H3;1H4/i2D;. The van der Waals surface area contributed by atoms with Gasteiger partial charge in [0.15, 0.2) is 0 Å². The Hall–Kier alpha value is -4.10. The third-order valence-electron chi connectivity index (χ3n) is 7.46. The van der Waals surface area contributed by atoms with E-state index in [0.29, 0.717) is 6.04 Å². The summed E-state index contributed by atoms with van der Waals surface area (Å²) in [5.41, 5.74) is 12.6. The number of hydrogen-bond acceptors (Lipinski definition) is 1. The Morgan fingerprint density at radius 2 is 1.00 bits per heavy atom. The molecule has 0 aliphatic heterocycles. The van der Waals surface area contributed by atoms with Gasteiger partial charge in [-0.15, -0.1) is 0 Å². The largest absolute Gasteiger partial charge is 0.345 e. The van der Waals surface area contributed by atoms with Crippen molar-refractivity contribution in [3.05, 3.63) is 144 Å². The van der Waals surface area contributed by atoms with E-state index < -0.39 is 0 Å². The average Bonchev–Trinajstić information content (AvgIpc) is 3.36. The molecule has 7 rings (SSSR count). The summed E-state index contributed by atoms with van der Waals surface area (Å²) < 4.78 is 7.84. The highest BCUT2D eigenvalue weighted by Crippen LogP contribution is 2.63. The van der Waals surface area contributed by atoms with Crippen LogP contribution in [0, 0.1) is 0 Å². The summed E-state index contributed by atoms with van der Waals surface area (Å²) >= 11 is 0. The Morgan fingerprint density at radius 1 is 0.529 bits per heavy atom. The van der Waals surface area contributed by atoms with Crippen LogP contribution in [0.3, 0.4) is 0 Å². The van der Waals surface area contributed by atoms with E-state index in [1.807, 2.05) is 24.3 Å². The molecule has 5 aromatic rings.